The molecule has 1 aliphatic rings. The van der Waals surface area contributed by atoms with E-state index in [0.29, 0.717) is 19.5 Å². The van der Waals surface area contributed by atoms with Gasteiger partial charge in [-0.25, -0.2) is 4.79 Å². The third-order valence-corrected chi connectivity index (χ3v) is 3.48. The molecular formula is C14H18N2O4. The SMILES string of the molecule is O=C(NCC1(C(=O)O)CCNC1)OCc1ccccc1. The van der Waals surface area contributed by atoms with Crippen LogP contribution in [-0.4, -0.2) is 36.8 Å². The number of alkyl carbamates (subject to hydrolysis) is 1. The van der Waals surface area contributed by atoms with Gasteiger partial charge in [-0.1, -0.05) is 30.3 Å². The van der Waals surface area contributed by atoms with Gasteiger partial charge in [-0.2, -0.15) is 0 Å². The van der Waals surface area contributed by atoms with Crippen molar-refractivity contribution in [1.82, 2.24) is 10.6 Å². The lowest BCUT2D eigenvalue weighted by Gasteiger charge is -2.22. The minimum Gasteiger partial charge on any atom is -0.481 e. The summed E-state index contributed by atoms with van der Waals surface area (Å²) in [7, 11) is 0. The predicted octanol–water partition coefficient (Wildman–Crippen LogP) is 0.977. The van der Waals surface area contributed by atoms with Crippen molar-refractivity contribution in [2.24, 2.45) is 5.41 Å². The second kappa shape index (κ2) is 6.38. The zero-order chi connectivity index (χ0) is 14.4. The van der Waals surface area contributed by atoms with Crippen molar-refractivity contribution in [3.63, 3.8) is 0 Å². The van der Waals surface area contributed by atoms with Gasteiger partial charge in [0.25, 0.3) is 0 Å². The summed E-state index contributed by atoms with van der Waals surface area (Å²) >= 11 is 0. The van der Waals surface area contributed by atoms with Crippen LogP contribution in [0.1, 0.15) is 12.0 Å². The van der Waals surface area contributed by atoms with Gasteiger partial charge in [0.1, 0.15) is 6.61 Å². The summed E-state index contributed by atoms with van der Waals surface area (Å²) in [5.41, 5.74) is -0.0377. The van der Waals surface area contributed by atoms with E-state index in [2.05, 4.69) is 10.6 Å². The maximum absolute atomic E-state index is 11.6. The fourth-order valence-electron chi connectivity index (χ4n) is 2.17. The number of carbonyl (C=O) groups is 2. The Morgan fingerprint density at radius 3 is 2.70 bits per heavy atom. The fourth-order valence-corrected chi connectivity index (χ4v) is 2.17. The molecule has 0 spiro atoms. The molecule has 0 aromatic heterocycles. The summed E-state index contributed by atoms with van der Waals surface area (Å²) < 4.78 is 5.05. The molecule has 1 aliphatic heterocycles. The summed E-state index contributed by atoms with van der Waals surface area (Å²) in [6, 6.07) is 9.31. The molecule has 1 amide bonds. The molecule has 3 N–H and O–H groups in total. The maximum Gasteiger partial charge on any atom is 0.407 e. The Kier molecular flexibility index (Phi) is 4.57. The van der Waals surface area contributed by atoms with Gasteiger partial charge in [-0.15, -0.1) is 0 Å². The number of amides is 1. The van der Waals surface area contributed by atoms with Crippen molar-refractivity contribution in [2.75, 3.05) is 19.6 Å². The Balaban J connectivity index is 1.78. The van der Waals surface area contributed by atoms with Crippen LogP contribution < -0.4 is 10.6 Å². The monoisotopic (exact) mass is 278 g/mol. The number of nitrogens with one attached hydrogen (secondary N) is 2. The molecule has 6 heteroatoms. The van der Waals surface area contributed by atoms with Crippen LogP contribution >= 0.6 is 0 Å². The molecule has 0 saturated carbocycles. The van der Waals surface area contributed by atoms with Crippen molar-refractivity contribution in [2.45, 2.75) is 13.0 Å². The molecule has 20 heavy (non-hydrogen) atoms. The largest absolute Gasteiger partial charge is 0.481 e. The number of hydrogen-bond acceptors (Lipinski definition) is 4. The van der Waals surface area contributed by atoms with Crippen LogP contribution in [0.2, 0.25) is 0 Å². The van der Waals surface area contributed by atoms with Crippen LogP contribution in [0.3, 0.4) is 0 Å². The summed E-state index contributed by atoms with van der Waals surface area (Å²) in [5, 5.41) is 14.8. The van der Waals surface area contributed by atoms with Gasteiger partial charge in [0.2, 0.25) is 0 Å². The van der Waals surface area contributed by atoms with Crippen molar-refractivity contribution >= 4 is 12.1 Å². The molecule has 1 atom stereocenters. The Labute approximate surface area is 117 Å². The first-order valence-corrected chi connectivity index (χ1v) is 6.51. The average molecular weight is 278 g/mol. The molecule has 1 saturated heterocycles. The summed E-state index contributed by atoms with van der Waals surface area (Å²) in [6.07, 6.45) is -0.0947. The highest BCUT2D eigenvalue weighted by atomic mass is 16.5. The molecular weight excluding hydrogens is 260 g/mol. The predicted molar refractivity (Wildman–Crippen MR) is 72.2 cm³/mol. The van der Waals surface area contributed by atoms with Gasteiger partial charge in [0.05, 0.1) is 5.41 Å². The third kappa shape index (κ3) is 3.48. The number of ether oxygens (including phenoxy) is 1. The fraction of sp³-hybridized carbons (Fsp3) is 0.429. The number of aliphatic carboxylic acids is 1. The van der Waals surface area contributed by atoms with Crippen molar-refractivity contribution in [3.05, 3.63) is 35.9 Å². The van der Waals surface area contributed by atoms with E-state index in [1.54, 1.807) is 0 Å². The quantitative estimate of drug-likeness (QED) is 0.747. The highest BCUT2D eigenvalue weighted by molar-refractivity contribution is 5.77. The van der Waals surface area contributed by atoms with Gasteiger partial charge in [-0.05, 0) is 18.5 Å². The van der Waals surface area contributed by atoms with E-state index in [4.69, 9.17) is 4.74 Å². The van der Waals surface area contributed by atoms with E-state index in [1.165, 1.54) is 0 Å². The molecule has 1 fully saturated rings. The normalized spacial score (nSPS) is 21.4. The Morgan fingerprint density at radius 2 is 2.10 bits per heavy atom. The summed E-state index contributed by atoms with van der Waals surface area (Å²) in [6.45, 7) is 1.25. The van der Waals surface area contributed by atoms with Crippen LogP contribution in [0.4, 0.5) is 4.79 Å². The number of hydrogen-bond donors (Lipinski definition) is 3. The third-order valence-electron chi connectivity index (χ3n) is 3.48. The van der Waals surface area contributed by atoms with Gasteiger partial charge < -0.3 is 20.5 Å². The highest BCUT2D eigenvalue weighted by Gasteiger charge is 2.41. The molecule has 1 unspecified atom stereocenters. The average Bonchev–Trinajstić information content (AvgIpc) is 2.94. The number of rotatable bonds is 5. The Hall–Kier alpha value is -2.08. The van der Waals surface area contributed by atoms with E-state index in [1.807, 2.05) is 30.3 Å². The van der Waals surface area contributed by atoms with Gasteiger partial charge in [-0.3, -0.25) is 4.79 Å². The molecule has 2 rings (SSSR count). The lowest BCUT2D eigenvalue weighted by Crippen LogP contribution is -2.44. The highest BCUT2D eigenvalue weighted by Crippen LogP contribution is 2.24. The van der Waals surface area contributed by atoms with E-state index < -0.39 is 17.5 Å². The number of carbonyl (C=O) groups excluding carboxylic acids is 1. The molecule has 1 aromatic rings. The van der Waals surface area contributed by atoms with Crippen molar-refractivity contribution in [3.8, 4) is 0 Å². The van der Waals surface area contributed by atoms with Crippen LogP contribution in [0.15, 0.2) is 30.3 Å². The zero-order valence-electron chi connectivity index (χ0n) is 11.1. The van der Waals surface area contributed by atoms with Gasteiger partial charge >= 0.3 is 12.1 Å². The van der Waals surface area contributed by atoms with Crippen molar-refractivity contribution in [1.29, 1.82) is 0 Å². The Bertz CT molecular complexity index is 469. The molecule has 6 nitrogen and oxygen atoms in total. The molecule has 1 heterocycles. The second-order valence-corrected chi connectivity index (χ2v) is 4.93. The number of carboxylic acids is 1. The molecule has 0 aliphatic carbocycles. The topological polar surface area (TPSA) is 87.7 Å². The first kappa shape index (κ1) is 14.3. The molecule has 0 radical (unpaired) electrons. The van der Waals surface area contributed by atoms with Gasteiger partial charge in [0, 0.05) is 13.1 Å². The van der Waals surface area contributed by atoms with Crippen LogP contribution in [0.25, 0.3) is 0 Å². The Morgan fingerprint density at radius 1 is 1.35 bits per heavy atom. The van der Waals surface area contributed by atoms with Crippen LogP contribution in [0, 0.1) is 5.41 Å². The second-order valence-electron chi connectivity index (χ2n) is 4.93. The maximum atomic E-state index is 11.6. The zero-order valence-corrected chi connectivity index (χ0v) is 11.1. The lowest BCUT2D eigenvalue weighted by atomic mass is 9.87. The molecule has 0 bridgehead atoms. The van der Waals surface area contributed by atoms with Gasteiger partial charge in [0.15, 0.2) is 0 Å². The summed E-state index contributed by atoms with van der Waals surface area (Å²) in [4.78, 5) is 22.9. The number of carboxylic acid groups (broad SMARTS) is 1. The van der Waals surface area contributed by atoms with Crippen LogP contribution in [-0.2, 0) is 16.1 Å². The summed E-state index contributed by atoms with van der Waals surface area (Å²) in [5.74, 6) is -0.897. The smallest absolute Gasteiger partial charge is 0.407 e. The molecule has 108 valence electrons. The first-order valence-electron chi connectivity index (χ1n) is 6.51. The van der Waals surface area contributed by atoms with E-state index in [9.17, 15) is 14.7 Å². The van der Waals surface area contributed by atoms with E-state index >= 15 is 0 Å². The van der Waals surface area contributed by atoms with Crippen molar-refractivity contribution < 1.29 is 19.4 Å². The lowest BCUT2D eigenvalue weighted by molar-refractivity contribution is -0.147. The number of benzene rings is 1. The van der Waals surface area contributed by atoms with E-state index in [-0.39, 0.29) is 13.2 Å². The molecule has 1 aromatic carbocycles. The first-order chi connectivity index (χ1) is 9.62. The van der Waals surface area contributed by atoms with E-state index in [0.717, 1.165) is 5.56 Å². The minimum atomic E-state index is -0.925. The standard InChI is InChI=1S/C14H18N2O4/c17-12(18)14(6-7-15-9-14)10-16-13(19)20-8-11-4-2-1-3-5-11/h1-5,15H,6-10H2,(H,16,19)(H,17,18). The van der Waals surface area contributed by atoms with Crippen LogP contribution in [0.5, 0.6) is 0 Å². The minimum absolute atomic E-state index is 0.0724.